The van der Waals surface area contributed by atoms with E-state index < -0.39 is 0 Å². The molecule has 6 rings (SSSR count). The fraction of sp³-hybridized carbons (Fsp3) is 0.179. The van der Waals surface area contributed by atoms with Crippen LogP contribution in [0, 0.1) is 11.8 Å². The van der Waals surface area contributed by atoms with Gasteiger partial charge in [0.05, 0.1) is 17.2 Å². The summed E-state index contributed by atoms with van der Waals surface area (Å²) < 4.78 is 2.15. The second-order valence-corrected chi connectivity index (χ2v) is 8.44. The number of aromatic nitrogens is 4. The smallest absolute Gasteiger partial charge is 0.108 e. The summed E-state index contributed by atoms with van der Waals surface area (Å²) in [5, 5.41) is 1.05. The largest absolute Gasteiger partial charge is 0.303 e. The molecule has 1 aliphatic rings. The van der Waals surface area contributed by atoms with E-state index in [1.54, 1.807) is 12.4 Å². The first-order chi connectivity index (χ1) is 16.3. The molecule has 0 unspecified atom stereocenters. The van der Waals surface area contributed by atoms with E-state index in [9.17, 15) is 0 Å². The van der Waals surface area contributed by atoms with Crippen LogP contribution < -0.4 is 0 Å². The molecule has 1 aliphatic heterocycles. The number of likely N-dealkylation sites (tertiary alicyclic amines) is 1. The normalized spacial score (nSPS) is 13.6. The highest BCUT2D eigenvalue weighted by molar-refractivity contribution is 6.03. The van der Waals surface area contributed by atoms with Crippen LogP contribution in [0.3, 0.4) is 0 Å². The predicted octanol–water partition coefficient (Wildman–Crippen LogP) is 4.62. The fourth-order valence-electron chi connectivity index (χ4n) is 4.26. The molecule has 4 heterocycles. The third kappa shape index (κ3) is 3.97. The van der Waals surface area contributed by atoms with Gasteiger partial charge in [0, 0.05) is 41.1 Å². The first-order valence-corrected chi connectivity index (χ1v) is 11.3. The third-order valence-corrected chi connectivity index (χ3v) is 6.27. The average molecular weight is 430 g/mol. The number of nitrogens with zero attached hydrogens (tertiary/aromatic N) is 5. The number of pyridine rings is 2. The van der Waals surface area contributed by atoms with E-state index >= 15 is 0 Å². The summed E-state index contributed by atoms with van der Waals surface area (Å²) in [5.41, 5.74) is 7.17. The van der Waals surface area contributed by atoms with Crippen molar-refractivity contribution in [3.05, 3.63) is 96.2 Å². The number of imidazole rings is 1. The van der Waals surface area contributed by atoms with Crippen molar-refractivity contribution in [1.82, 2.24) is 24.4 Å². The monoisotopic (exact) mass is 429 g/mol. The molecule has 160 valence electrons. The zero-order valence-electron chi connectivity index (χ0n) is 18.3. The van der Waals surface area contributed by atoms with E-state index in [0.717, 1.165) is 51.7 Å². The SMILES string of the molecule is C(#Cc1ccc2ncc3ncn(-c4ccc(CCN5CCC5)cc4)c3c2c1)c1cccnc1. The lowest BCUT2D eigenvalue weighted by Crippen LogP contribution is -2.38. The van der Waals surface area contributed by atoms with Gasteiger partial charge in [0.25, 0.3) is 0 Å². The molecule has 0 spiro atoms. The van der Waals surface area contributed by atoms with Gasteiger partial charge in [0.1, 0.15) is 11.8 Å². The van der Waals surface area contributed by atoms with Crippen molar-refractivity contribution in [3.63, 3.8) is 0 Å². The molecule has 5 nitrogen and oxygen atoms in total. The molecule has 1 fully saturated rings. The summed E-state index contributed by atoms with van der Waals surface area (Å²) in [4.78, 5) is 15.9. The Morgan fingerprint density at radius 1 is 0.848 bits per heavy atom. The van der Waals surface area contributed by atoms with Crippen LogP contribution >= 0.6 is 0 Å². The minimum Gasteiger partial charge on any atom is -0.303 e. The molecule has 0 saturated carbocycles. The van der Waals surface area contributed by atoms with Crippen molar-refractivity contribution in [3.8, 4) is 17.5 Å². The molecule has 0 amide bonds. The van der Waals surface area contributed by atoms with Crippen LogP contribution in [-0.4, -0.2) is 44.1 Å². The van der Waals surface area contributed by atoms with E-state index in [-0.39, 0.29) is 0 Å². The van der Waals surface area contributed by atoms with Gasteiger partial charge >= 0.3 is 0 Å². The fourth-order valence-corrected chi connectivity index (χ4v) is 4.26. The minimum atomic E-state index is 0.877. The Morgan fingerprint density at radius 2 is 1.73 bits per heavy atom. The first-order valence-electron chi connectivity index (χ1n) is 11.3. The maximum Gasteiger partial charge on any atom is 0.108 e. The Kier molecular flexibility index (Phi) is 5.06. The molecule has 5 heteroatoms. The number of hydrogen-bond donors (Lipinski definition) is 0. The zero-order valence-corrected chi connectivity index (χ0v) is 18.3. The van der Waals surface area contributed by atoms with Gasteiger partial charge in [0.2, 0.25) is 0 Å². The summed E-state index contributed by atoms with van der Waals surface area (Å²) in [6.07, 6.45) is 9.69. The lowest BCUT2D eigenvalue weighted by atomic mass is 10.1. The van der Waals surface area contributed by atoms with Gasteiger partial charge in [-0.3, -0.25) is 14.5 Å². The Bertz CT molecular complexity index is 1490. The molecule has 33 heavy (non-hydrogen) atoms. The number of fused-ring (bicyclic) bond motifs is 3. The molecule has 0 N–H and O–H groups in total. The topological polar surface area (TPSA) is 46.8 Å². The Labute approximate surface area is 192 Å². The van der Waals surface area contributed by atoms with Gasteiger partial charge in [-0.2, -0.15) is 0 Å². The van der Waals surface area contributed by atoms with Crippen molar-refractivity contribution < 1.29 is 0 Å². The maximum absolute atomic E-state index is 4.62. The van der Waals surface area contributed by atoms with Gasteiger partial charge in [0.15, 0.2) is 0 Å². The molecular formula is C28H23N5. The minimum absolute atomic E-state index is 0.877. The number of rotatable bonds is 4. The lowest BCUT2D eigenvalue weighted by molar-refractivity contribution is 0.184. The van der Waals surface area contributed by atoms with Crippen LogP contribution in [0.4, 0.5) is 0 Å². The number of benzene rings is 2. The second-order valence-electron chi connectivity index (χ2n) is 8.44. The van der Waals surface area contributed by atoms with E-state index in [2.05, 4.69) is 66.6 Å². The Hall–Kier alpha value is -4.01. The van der Waals surface area contributed by atoms with Crippen molar-refractivity contribution >= 4 is 21.9 Å². The molecule has 0 atom stereocenters. The maximum atomic E-state index is 4.62. The van der Waals surface area contributed by atoms with E-state index in [1.807, 2.05) is 36.8 Å². The van der Waals surface area contributed by atoms with Gasteiger partial charge in [-0.1, -0.05) is 24.0 Å². The second kappa shape index (κ2) is 8.50. The predicted molar refractivity (Wildman–Crippen MR) is 131 cm³/mol. The average Bonchev–Trinajstić information content (AvgIpc) is 3.27. The first kappa shape index (κ1) is 19.7. The molecule has 0 radical (unpaired) electrons. The summed E-state index contributed by atoms with van der Waals surface area (Å²) in [6, 6.07) is 18.8. The van der Waals surface area contributed by atoms with Crippen LogP contribution in [-0.2, 0) is 6.42 Å². The lowest BCUT2D eigenvalue weighted by Gasteiger charge is -2.30. The van der Waals surface area contributed by atoms with Crippen molar-refractivity contribution in [2.45, 2.75) is 12.8 Å². The molecule has 1 saturated heterocycles. The van der Waals surface area contributed by atoms with E-state index in [4.69, 9.17) is 0 Å². The highest BCUT2D eigenvalue weighted by atomic mass is 15.2. The summed E-state index contributed by atoms with van der Waals surface area (Å²) in [6.45, 7) is 3.64. The standard InChI is InChI=1S/C28H23N5/c1-3-23(18-29-13-1)5-4-22-8-11-26-25(17-22)28-27(19-30-26)31-20-33(28)24-9-6-21(7-10-24)12-16-32-14-2-15-32/h1,3,6-11,13,17-20H,2,12,14-16H2. The quantitative estimate of drug-likeness (QED) is 0.391. The molecule has 0 aliphatic carbocycles. The number of hydrogen-bond acceptors (Lipinski definition) is 4. The van der Waals surface area contributed by atoms with Gasteiger partial charge < -0.3 is 4.90 Å². The molecule has 5 aromatic rings. The van der Waals surface area contributed by atoms with Crippen molar-refractivity contribution in [2.75, 3.05) is 19.6 Å². The highest BCUT2D eigenvalue weighted by Crippen LogP contribution is 2.26. The summed E-state index contributed by atoms with van der Waals surface area (Å²) >= 11 is 0. The van der Waals surface area contributed by atoms with Crippen LogP contribution in [0.25, 0.3) is 27.6 Å². The van der Waals surface area contributed by atoms with E-state index in [0.29, 0.717) is 0 Å². The van der Waals surface area contributed by atoms with Gasteiger partial charge in [-0.25, -0.2) is 4.98 Å². The highest BCUT2D eigenvalue weighted by Gasteiger charge is 2.13. The van der Waals surface area contributed by atoms with Crippen molar-refractivity contribution in [1.29, 1.82) is 0 Å². The Morgan fingerprint density at radius 3 is 2.52 bits per heavy atom. The summed E-state index contributed by atoms with van der Waals surface area (Å²) in [7, 11) is 0. The molecule has 3 aromatic heterocycles. The third-order valence-electron chi connectivity index (χ3n) is 6.27. The van der Waals surface area contributed by atoms with Crippen LogP contribution in [0.2, 0.25) is 0 Å². The van der Waals surface area contributed by atoms with Crippen LogP contribution in [0.1, 0.15) is 23.1 Å². The van der Waals surface area contributed by atoms with Crippen LogP contribution in [0.15, 0.2) is 79.5 Å². The van der Waals surface area contributed by atoms with Crippen LogP contribution in [0.5, 0.6) is 0 Å². The molecule has 0 bridgehead atoms. The van der Waals surface area contributed by atoms with E-state index in [1.165, 1.54) is 25.1 Å². The summed E-state index contributed by atoms with van der Waals surface area (Å²) in [5.74, 6) is 6.45. The zero-order chi connectivity index (χ0) is 22.0. The molecular weight excluding hydrogens is 406 g/mol. The Balaban J connectivity index is 1.36. The van der Waals surface area contributed by atoms with Crippen molar-refractivity contribution in [2.24, 2.45) is 0 Å². The van der Waals surface area contributed by atoms with Gasteiger partial charge in [-0.05, 0) is 74.0 Å². The van der Waals surface area contributed by atoms with Gasteiger partial charge in [-0.15, -0.1) is 0 Å². The molecule has 2 aromatic carbocycles.